The second kappa shape index (κ2) is 4.50. The fraction of sp³-hybridized carbons (Fsp3) is 0.364. The Kier molecular flexibility index (Phi) is 3.06. The summed E-state index contributed by atoms with van der Waals surface area (Å²) in [6.07, 6.45) is 0. The molecular formula is C11H14N3O3+. The minimum atomic E-state index is -0.192. The van der Waals surface area contributed by atoms with Crippen LogP contribution in [0.15, 0.2) is 23.0 Å². The number of hydrogen-bond donors (Lipinski definition) is 1. The quantitative estimate of drug-likeness (QED) is 0.806. The van der Waals surface area contributed by atoms with E-state index < -0.39 is 0 Å². The van der Waals surface area contributed by atoms with Crippen molar-refractivity contribution >= 4 is 16.7 Å². The largest absolute Gasteiger partial charge is 0.383 e. The molecule has 6 nitrogen and oxygen atoms in total. The van der Waals surface area contributed by atoms with E-state index in [2.05, 4.69) is 4.98 Å². The van der Waals surface area contributed by atoms with Crippen molar-refractivity contribution in [3.8, 4) is 0 Å². The highest BCUT2D eigenvalue weighted by atomic mass is 16.5. The second-order valence-electron chi connectivity index (χ2n) is 3.77. The van der Waals surface area contributed by atoms with Crippen LogP contribution in [0.2, 0.25) is 0 Å². The van der Waals surface area contributed by atoms with Crippen LogP contribution in [-0.2, 0) is 11.3 Å². The van der Waals surface area contributed by atoms with Gasteiger partial charge in [-0.25, -0.2) is 4.79 Å². The van der Waals surface area contributed by atoms with E-state index in [9.17, 15) is 9.70 Å². The molecule has 0 unspecified atom stereocenters. The van der Waals surface area contributed by atoms with Gasteiger partial charge in [-0.2, -0.15) is 0 Å². The number of aromatic nitrogens is 2. The van der Waals surface area contributed by atoms with Gasteiger partial charge in [-0.05, 0) is 6.07 Å². The van der Waals surface area contributed by atoms with Crippen molar-refractivity contribution in [2.45, 2.75) is 6.54 Å². The number of rotatable bonds is 4. The third-order valence-corrected chi connectivity index (χ3v) is 2.64. The highest BCUT2D eigenvalue weighted by molar-refractivity contribution is 5.77. The summed E-state index contributed by atoms with van der Waals surface area (Å²) in [5.41, 5.74) is 1.75. The average molecular weight is 236 g/mol. The zero-order valence-corrected chi connectivity index (χ0v) is 9.77. The Labute approximate surface area is 97.4 Å². The first-order valence-electron chi connectivity index (χ1n) is 5.26. The van der Waals surface area contributed by atoms with Crippen LogP contribution in [0.1, 0.15) is 0 Å². The van der Waals surface area contributed by atoms with Crippen LogP contribution < -0.4 is 5.69 Å². The summed E-state index contributed by atoms with van der Waals surface area (Å²) in [5, 5.41) is 0. The average Bonchev–Trinajstić information content (AvgIpc) is 2.61. The summed E-state index contributed by atoms with van der Waals surface area (Å²) in [5.74, 6) is 0. The molecule has 1 N–H and O–H groups in total. The molecule has 1 aromatic carbocycles. The number of imidazole rings is 1. The molecule has 2 rings (SSSR count). The summed E-state index contributed by atoms with van der Waals surface area (Å²) in [6, 6.07) is 5.10. The molecule has 0 fully saturated rings. The van der Waals surface area contributed by atoms with Gasteiger partial charge in [0.2, 0.25) is 0 Å². The number of ether oxygens (including phenoxy) is 1. The van der Waals surface area contributed by atoms with E-state index in [-0.39, 0.29) is 5.69 Å². The normalized spacial score (nSPS) is 10.9. The van der Waals surface area contributed by atoms with E-state index in [0.717, 1.165) is 10.3 Å². The van der Waals surface area contributed by atoms with E-state index >= 15 is 0 Å². The SMILES string of the molecule is COCCn1c(=O)[nH]c2cc([N+](C)=O)ccc21. The molecular weight excluding hydrogens is 222 g/mol. The molecule has 1 heterocycles. The number of H-pyrrole nitrogens is 1. The predicted molar refractivity (Wildman–Crippen MR) is 63.6 cm³/mol. The number of hydrogen-bond acceptors (Lipinski definition) is 3. The van der Waals surface area contributed by atoms with Gasteiger partial charge in [0.25, 0.3) is 5.69 Å². The maximum Gasteiger partial charge on any atom is 0.326 e. The Hall–Kier alpha value is -1.95. The molecule has 0 aliphatic carbocycles. The Morgan fingerprint density at radius 3 is 2.88 bits per heavy atom. The predicted octanol–water partition coefficient (Wildman–Crippen LogP) is 1.02. The highest BCUT2D eigenvalue weighted by Crippen LogP contribution is 2.17. The molecule has 0 saturated heterocycles. The monoisotopic (exact) mass is 236 g/mol. The number of fused-ring (bicyclic) bond motifs is 1. The third kappa shape index (κ3) is 2.12. The molecule has 1 aromatic heterocycles. The van der Waals surface area contributed by atoms with E-state index in [1.807, 2.05) is 0 Å². The number of methoxy groups -OCH3 is 1. The Morgan fingerprint density at radius 1 is 1.47 bits per heavy atom. The topological polar surface area (TPSA) is 67.1 Å². The van der Waals surface area contributed by atoms with E-state index in [1.165, 1.54) is 7.05 Å². The van der Waals surface area contributed by atoms with Crippen molar-refractivity contribution in [3.05, 3.63) is 33.6 Å². The first-order chi connectivity index (χ1) is 8.13. The maximum atomic E-state index is 11.7. The number of benzene rings is 1. The highest BCUT2D eigenvalue weighted by Gasteiger charge is 2.12. The molecule has 0 atom stereocenters. The Balaban J connectivity index is 2.52. The van der Waals surface area contributed by atoms with Gasteiger partial charge in [0.05, 0.1) is 24.2 Å². The van der Waals surface area contributed by atoms with Crippen LogP contribution in [0, 0.1) is 4.91 Å². The van der Waals surface area contributed by atoms with Crippen LogP contribution in [0.4, 0.5) is 5.69 Å². The third-order valence-electron chi connectivity index (χ3n) is 2.64. The van der Waals surface area contributed by atoms with Crippen LogP contribution in [-0.4, -0.2) is 35.1 Å². The number of nitrogens with one attached hydrogen (secondary N) is 1. The minimum absolute atomic E-state index is 0.192. The molecule has 17 heavy (non-hydrogen) atoms. The van der Waals surface area contributed by atoms with Gasteiger partial charge < -0.3 is 9.72 Å². The lowest BCUT2D eigenvalue weighted by molar-refractivity contribution is -0.428. The number of aromatic amines is 1. The van der Waals surface area contributed by atoms with Gasteiger partial charge in [0, 0.05) is 28.9 Å². The van der Waals surface area contributed by atoms with Crippen molar-refractivity contribution in [2.24, 2.45) is 0 Å². The molecule has 0 bridgehead atoms. The molecule has 0 saturated carbocycles. The summed E-state index contributed by atoms with van der Waals surface area (Å²) >= 11 is 0. The summed E-state index contributed by atoms with van der Waals surface area (Å²) < 4.78 is 7.29. The van der Waals surface area contributed by atoms with Crippen LogP contribution >= 0.6 is 0 Å². The van der Waals surface area contributed by atoms with E-state index in [4.69, 9.17) is 4.74 Å². The van der Waals surface area contributed by atoms with Gasteiger partial charge in [0.15, 0.2) is 7.05 Å². The van der Waals surface area contributed by atoms with Crippen molar-refractivity contribution < 1.29 is 9.50 Å². The summed E-state index contributed by atoms with van der Waals surface area (Å²) in [4.78, 5) is 25.6. The Morgan fingerprint density at radius 2 is 2.24 bits per heavy atom. The lowest BCUT2D eigenvalue weighted by Gasteiger charge is -2.01. The number of nitrogens with zero attached hydrogens (tertiary/aromatic N) is 2. The molecule has 0 radical (unpaired) electrons. The van der Waals surface area contributed by atoms with Gasteiger partial charge >= 0.3 is 5.69 Å². The smallest absolute Gasteiger partial charge is 0.326 e. The lowest BCUT2D eigenvalue weighted by Crippen LogP contribution is -2.18. The maximum absolute atomic E-state index is 11.7. The zero-order chi connectivity index (χ0) is 12.4. The molecule has 2 aromatic rings. The van der Waals surface area contributed by atoms with Crippen LogP contribution in [0.25, 0.3) is 11.0 Å². The van der Waals surface area contributed by atoms with Crippen molar-refractivity contribution in [3.63, 3.8) is 0 Å². The van der Waals surface area contributed by atoms with Gasteiger partial charge in [-0.3, -0.25) is 4.57 Å². The number of nitroso groups, excluding NO2 is 1. The fourth-order valence-electron chi connectivity index (χ4n) is 1.75. The van der Waals surface area contributed by atoms with Crippen LogP contribution in [0.3, 0.4) is 0 Å². The van der Waals surface area contributed by atoms with Gasteiger partial charge in [-0.15, -0.1) is 0 Å². The minimum Gasteiger partial charge on any atom is -0.383 e. The van der Waals surface area contributed by atoms with E-state index in [1.54, 1.807) is 29.9 Å². The van der Waals surface area contributed by atoms with Crippen molar-refractivity contribution in [1.29, 1.82) is 0 Å². The molecule has 90 valence electrons. The van der Waals surface area contributed by atoms with E-state index in [0.29, 0.717) is 24.4 Å². The van der Waals surface area contributed by atoms with Crippen LogP contribution in [0.5, 0.6) is 0 Å². The van der Waals surface area contributed by atoms with Gasteiger partial charge in [-0.1, -0.05) is 0 Å². The van der Waals surface area contributed by atoms with Gasteiger partial charge in [0.1, 0.15) is 0 Å². The zero-order valence-electron chi connectivity index (χ0n) is 9.77. The van der Waals surface area contributed by atoms with Crippen molar-refractivity contribution in [2.75, 3.05) is 20.8 Å². The second-order valence-corrected chi connectivity index (χ2v) is 3.77. The first-order valence-corrected chi connectivity index (χ1v) is 5.26. The summed E-state index contributed by atoms with van der Waals surface area (Å²) in [6.45, 7) is 0.956. The molecule has 0 aliphatic rings. The lowest BCUT2D eigenvalue weighted by atomic mass is 10.2. The molecule has 0 amide bonds. The molecule has 0 aliphatic heterocycles. The standard InChI is InChI=1S/C11H13N3O3/c1-13(16)8-3-4-10-9(7-8)12-11(15)14(10)5-6-17-2/h3-4,7H,5-6H2,1-2H3/p+1. The van der Waals surface area contributed by atoms with Crippen molar-refractivity contribution in [1.82, 2.24) is 9.55 Å². The fourth-order valence-corrected chi connectivity index (χ4v) is 1.75. The summed E-state index contributed by atoms with van der Waals surface area (Å²) in [7, 11) is 3.01. The molecule has 6 heteroatoms. The molecule has 0 spiro atoms. The Bertz CT molecular complexity index is 612. The first kappa shape index (κ1) is 11.5.